The summed E-state index contributed by atoms with van der Waals surface area (Å²) in [5, 5.41) is 0. The van der Waals surface area contributed by atoms with Crippen molar-refractivity contribution in [2.45, 2.75) is 52.5 Å². The first kappa shape index (κ1) is 16.2. The standard InChI is InChI=1S/C18H24N2O2S/c1-12-8-10-15(11-9-12)17-14(3)18(20-23(17,21)22)19-16-7-5-4-6-13(16)2/h8-11,13,16H,4-7H2,1-3H3,(H,19,20). The van der Waals surface area contributed by atoms with Crippen LogP contribution in [-0.4, -0.2) is 20.3 Å². The molecule has 124 valence electrons. The van der Waals surface area contributed by atoms with Crippen LogP contribution >= 0.6 is 0 Å². The molecule has 0 radical (unpaired) electrons. The lowest BCUT2D eigenvalue weighted by Gasteiger charge is -2.25. The summed E-state index contributed by atoms with van der Waals surface area (Å²) in [6, 6.07) is 7.81. The van der Waals surface area contributed by atoms with Crippen molar-refractivity contribution < 1.29 is 8.42 Å². The number of aliphatic imine (C=N–C) groups is 1. The number of aryl methyl sites for hydroxylation is 1. The highest BCUT2D eigenvalue weighted by atomic mass is 32.2. The molecule has 5 heteroatoms. The minimum Gasteiger partial charge on any atom is -0.264 e. The van der Waals surface area contributed by atoms with Gasteiger partial charge in [-0.3, -0.25) is 9.71 Å². The zero-order chi connectivity index (χ0) is 16.6. The molecule has 1 aliphatic heterocycles. The number of hydrogen-bond acceptors (Lipinski definition) is 3. The maximum Gasteiger partial charge on any atom is 0.264 e. The third kappa shape index (κ3) is 3.20. The second-order valence-electron chi connectivity index (χ2n) is 6.73. The molecule has 23 heavy (non-hydrogen) atoms. The van der Waals surface area contributed by atoms with Crippen LogP contribution in [0, 0.1) is 12.8 Å². The van der Waals surface area contributed by atoms with Crippen LogP contribution in [0.1, 0.15) is 50.7 Å². The van der Waals surface area contributed by atoms with E-state index in [1.165, 1.54) is 19.3 Å². The fourth-order valence-corrected chi connectivity index (χ4v) is 4.93. The van der Waals surface area contributed by atoms with Gasteiger partial charge in [0.05, 0.1) is 6.04 Å². The van der Waals surface area contributed by atoms with Crippen LogP contribution in [0.25, 0.3) is 4.91 Å². The van der Waals surface area contributed by atoms with Gasteiger partial charge in [-0.2, -0.15) is 0 Å². The number of nitrogens with one attached hydrogen (secondary N) is 1. The van der Waals surface area contributed by atoms with E-state index in [2.05, 4.69) is 11.6 Å². The Labute approximate surface area is 138 Å². The number of benzene rings is 1. The summed E-state index contributed by atoms with van der Waals surface area (Å²) < 4.78 is 27.7. The quantitative estimate of drug-likeness (QED) is 0.899. The molecule has 1 saturated carbocycles. The number of amidine groups is 1. The van der Waals surface area contributed by atoms with E-state index < -0.39 is 10.0 Å². The van der Waals surface area contributed by atoms with E-state index in [4.69, 9.17) is 4.99 Å². The van der Waals surface area contributed by atoms with Crippen LogP contribution in [0.2, 0.25) is 0 Å². The van der Waals surface area contributed by atoms with Gasteiger partial charge < -0.3 is 0 Å². The van der Waals surface area contributed by atoms with E-state index in [1.807, 2.05) is 38.1 Å². The Morgan fingerprint density at radius 1 is 1.09 bits per heavy atom. The van der Waals surface area contributed by atoms with E-state index in [0.29, 0.717) is 16.7 Å². The molecule has 1 heterocycles. The average Bonchev–Trinajstić information content (AvgIpc) is 2.72. The summed E-state index contributed by atoms with van der Waals surface area (Å²) in [7, 11) is -3.52. The van der Waals surface area contributed by atoms with Crippen LogP contribution in [0.4, 0.5) is 0 Å². The lowest BCUT2D eigenvalue weighted by Crippen LogP contribution is -2.28. The average molecular weight is 332 g/mol. The summed E-state index contributed by atoms with van der Waals surface area (Å²) in [4.78, 5) is 5.12. The van der Waals surface area contributed by atoms with Gasteiger partial charge in [-0.15, -0.1) is 0 Å². The summed E-state index contributed by atoms with van der Waals surface area (Å²) >= 11 is 0. The molecule has 1 fully saturated rings. The summed E-state index contributed by atoms with van der Waals surface area (Å²) in [5.41, 5.74) is 2.56. The molecule has 1 aromatic carbocycles. The summed E-state index contributed by atoms with van der Waals surface area (Å²) in [6.45, 7) is 6.04. The molecule has 1 aliphatic carbocycles. The van der Waals surface area contributed by atoms with Crippen LogP contribution in [0.5, 0.6) is 0 Å². The smallest absolute Gasteiger partial charge is 0.264 e. The van der Waals surface area contributed by atoms with E-state index in [1.54, 1.807) is 0 Å². The van der Waals surface area contributed by atoms with Crippen molar-refractivity contribution >= 4 is 20.8 Å². The Morgan fingerprint density at radius 2 is 1.74 bits per heavy atom. The monoisotopic (exact) mass is 332 g/mol. The first-order chi connectivity index (χ1) is 10.9. The molecule has 0 bridgehead atoms. The number of sulfonamides is 1. The molecule has 0 aromatic heterocycles. The minimum atomic E-state index is -3.52. The maximum atomic E-state index is 12.5. The van der Waals surface area contributed by atoms with Gasteiger partial charge in [0.1, 0.15) is 10.7 Å². The van der Waals surface area contributed by atoms with Crippen LogP contribution in [0.15, 0.2) is 34.8 Å². The molecule has 4 nitrogen and oxygen atoms in total. The number of rotatable bonds is 2. The van der Waals surface area contributed by atoms with Gasteiger partial charge in [-0.1, -0.05) is 49.6 Å². The van der Waals surface area contributed by atoms with Gasteiger partial charge in [0.15, 0.2) is 0 Å². The van der Waals surface area contributed by atoms with Crippen molar-refractivity contribution in [1.29, 1.82) is 0 Å². The molecule has 2 aliphatic rings. The van der Waals surface area contributed by atoms with Crippen LogP contribution < -0.4 is 4.72 Å². The van der Waals surface area contributed by atoms with Crippen molar-refractivity contribution in [1.82, 2.24) is 4.72 Å². The molecule has 0 amide bonds. The Morgan fingerprint density at radius 3 is 2.39 bits per heavy atom. The van der Waals surface area contributed by atoms with Gasteiger partial charge in [0.25, 0.3) is 10.0 Å². The molecule has 0 saturated heterocycles. The first-order valence-electron chi connectivity index (χ1n) is 8.27. The van der Waals surface area contributed by atoms with E-state index in [0.717, 1.165) is 23.1 Å². The Kier molecular flexibility index (Phi) is 4.32. The second kappa shape index (κ2) is 6.11. The van der Waals surface area contributed by atoms with Crippen LogP contribution in [-0.2, 0) is 10.0 Å². The molecular formula is C18H24N2O2S. The van der Waals surface area contributed by atoms with Crippen molar-refractivity contribution in [2.24, 2.45) is 10.9 Å². The van der Waals surface area contributed by atoms with Gasteiger partial charge in [-0.25, -0.2) is 8.42 Å². The van der Waals surface area contributed by atoms with E-state index in [9.17, 15) is 8.42 Å². The second-order valence-corrected chi connectivity index (χ2v) is 8.35. The Balaban J connectivity index is 2.00. The van der Waals surface area contributed by atoms with Crippen molar-refractivity contribution in [3.8, 4) is 0 Å². The highest BCUT2D eigenvalue weighted by molar-refractivity contribution is 8.00. The highest BCUT2D eigenvalue weighted by Crippen LogP contribution is 2.32. The molecule has 3 rings (SSSR count). The lowest BCUT2D eigenvalue weighted by atomic mass is 9.86. The largest absolute Gasteiger partial charge is 0.264 e. The predicted molar refractivity (Wildman–Crippen MR) is 94.7 cm³/mol. The zero-order valence-electron chi connectivity index (χ0n) is 14.0. The van der Waals surface area contributed by atoms with Gasteiger partial charge in [0, 0.05) is 5.57 Å². The number of hydrogen-bond donors (Lipinski definition) is 1. The molecular weight excluding hydrogens is 308 g/mol. The third-order valence-electron chi connectivity index (χ3n) is 4.87. The molecule has 2 atom stereocenters. The molecule has 0 spiro atoms. The fourth-order valence-electron chi connectivity index (χ4n) is 3.42. The van der Waals surface area contributed by atoms with Crippen molar-refractivity contribution in [3.63, 3.8) is 0 Å². The van der Waals surface area contributed by atoms with Crippen LogP contribution in [0.3, 0.4) is 0 Å². The van der Waals surface area contributed by atoms with E-state index in [-0.39, 0.29) is 6.04 Å². The fraction of sp³-hybridized carbons (Fsp3) is 0.500. The normalized spacial score (nSPS) is 28.9. The Hall–Kier alpha value is -1.62. The first-order valence-corrected chi connectivity index (χ1v) is 9.76. The zero-order valence-corrected chi connectivity index (χ0v) is 14.8. The summed E-state index contributed by atoms with van der Waals surface area (Å²) in [5.74, 6) is 1.04. The SMILES string of the molecule is CC1=C(c2ccc(C)cc2)S(=O)(=O)NC1=NC1CCCCC1C. The summed E-state index contributed by atoms with van der Waals surface area (Å²) in [6.07, 6.45) is 4.63. The topological polar surface area (TPSA) is 58.5 Å². The minimum absolute atomic E-state index is 0.216. The predicted octanol–water partition coefficient (Wildman–Crippen LogP) is 3.64. The van der Waals surface area contributed by atoms with Gasteiger partial charge >= 0.3 is 0 Å². The van der Waals surface area contributed by atoms with Crippen molar-refractivity contribution in [2.75, 3.05) is 0 Å². The van der Waals surface area contributed by atoms with Gasteiger partial charge in [-0.05, 0) is 38.2 Å². The molecule has 1 N–H and O–H groups in total. The van der Waals surface area contributed by atoms with E-state index >= 15 is 0 Å². The van der Waals surface area contributed by atoms with Gasteiger partial charge in [0.2, 0.25) is 0 Å². The molecule has 2 unspecified atom stereocenters. The number of nitrogens with zero attached hydrogens (tertiary/aromatic N) is 1. The molecule has 1 aromatic rings. The third-order valence-corrected chi connectivity index (χ3v) is 6.41. The maximum absolute atomic E-state index is 12.5. The lowest BCUT2D eigenvalue weighted by molar-refractivity contribution is 0.333. The highest BCUT2D eigenvalue weighted by Gasteiger charge is 2.33. The Bertz CT molecular complexity index is 761. The van der Waals surface area contributed by atoms with Crippen molar-refractivity contribution in [3.05, 3.63) is 41.0 Å².